The first-order valence-electron chi connectivity index (χ1n) is 17.7. The standard InChI is InChI=1S/C25H24ClNO2.C15H20BrNO4.C2HF3O/c26-22-6-2-5-20(14-22)19-9-7-17(8-10-19)13-23(27)16-25(28)29-24-12-11-18-3-1-4-21(18)15-24;1-15(2,3)21-14(20)17-12(9-13(18)19)8-10-4-6-11(16)7-5-10;3-2(4,5)1-6/h2,5-12,14-15,23H,1,3-4,13,16,27H2;4-7,12H,8-9H2,1-3H3,(H,17,20)(H,18,19);1H/t23-;12-;/m11./s1. The van der Waals surface area contributed by atoms with Crippen LogP contribution in [-0.4, -0.2) is 53.3 Å². The lowest BCUT2D eigenvalue weighted by Gasteiger charge is -2.23. The van der Waals surface area contributed by atoms with Crippen molar-refractivity contribution in [2.45, 2.75) is 89.6 Å². The number of rotatable bonds is 11. The summed E-state index contributed by atoms with van der Waals surface area (Å²) in [5, 5.41) is 12.3. The molecule has 4 aromatic rings. The van der Waals surface area contributed by atoms with Crippen molar-refractivity contribution in [2.24, 2.45) is 5.73 Å². The molecule has 0 aromatic heterocycles. The zero-order valence-electron chi connectivity index (χ0n) is 31.2. The number of esters is 1. The van der Waals surface area contributed by atoms with E-state index in [-0.39, 0.29) is 24.9 Å². The summed E-state index contributed by atoms with van der Waals surface area (Å²) in [7, 11) is 0. The van der Waals surface area contributed by atoms with Crippen LogP contribution in [0.4, 0.5) is 18.0 Å². The highest BCUT2D eigenvalue weighted by Crippen LogP contribution is 2.27. The minimum absolute atomic E-state index is 0.157. The largest absolute Gasteiger partial charge is 0.481 e. The normalized spacial score (nSPS) is 13.0. The number of nitrogens with one attached hydrogen (secondary N) is 1. The van der Waals surface area contributed by atoms with Gasteiger partial charge in [-0.05, 0) is 123 Å². The maximum atomic E-state index is 12.3. The van der Waals surface area contributed by atoms with Gasteiger partial charge < -0.3 is 25.6 Å². The van der Waals surface area contributed by atoms with Gasteiger partial charge >= 0.3 is 24.2 Å². The summed E-state index contributed by atoms with van der Waals surface area (Å²) in [6.45, 7) is 5.27. The van der Waals surface area contributed by atoms with Crippen LogP contribution in [0.5, 0.6) is 5.75 Å². The van der Waals surface area contributed by atoms with E-state index in [9.17, 15) is 27.6 Å². The molecule has 0 unspecified atom stereocenters. The lowest BCUT2D eigenvalue weighted by atomic mass is 10.00. The summed E-state index contributed by atoms with van der Waals surface area (Å²) in [6.07, 6.45) is -1.88. The van der Waals surface area contributed by atoms with Crippen molar-refractivity contribution in [1.29, 1.82) is 0 Å². The first-order valence-corrected chi connectivity index (χ1v) is 18.9. The van der Waals surface area contributed by atoms with Gasteiger partial charge in [-0.2, -0.15) is 13.2 Å². The number of carbonyl (C=O) groups excluding carboxylic acids is 3. The summed E-state index contributed by atoms with van der Waals surface area (Å²) < 4.78 is 42.9. The number of aryl methyl sites for hydroxylation is 2. The lowest BCUT2D eigenvalue weighted by Crippen LogP contribution is -2.41. The third-order valence-electron chi connectivity index (χ3n) is 8.01. The average molecular weight is 862 g/mol. The molecule has 1 aliphatic rings. The van der Waals surface area contributed by atoms with E-state index in [2.05, 4.69) is 39.4 Å². The predicted molar refractivity (Wildman–Crippen MR) is 213 cm³/mol. The zero-order chi connectivity index (χ0) is 41.5. The fourth-order valence-electron chi connectivity index (χ4n) is 5.64. The predicted octanol–water partition coefficient (Wildman–Crippen LogP) is 9.47. The maximum absolute atomic E-state index is 12.3. The molecule has 0 saturated heterocycles. The molecule has 0 radical (unpaired) electrons. The molecule has 0 fully saturated rings. The second-order valence-electron chi connectivity index (χ2n) is 14.1. The average Bonchev–Trinajstić information content (AvgIpc) is 3.57. The van der Waals surface area contributed by atoms with Gasteiger partial charge in [0.15, 0.2) is 0 Å². The summed E-state index contributed by atoms with van der Waals surface area (Å²) in [5.74, 6) is -0.632. The lowest BCUT2D eigenvalue weighted by molar-refractivity contribution is -0.156. The van der Waals surface area contributed by atoms with E-state index in [1.807, 2.05) is 72.8 Å². The number of halogens is 5. The van der Waals surface area contributed by atoms with Gasteiger partial charge in [-0.3, -0.25) is 14.4 Å². The Bertz CT molecular complexity index is 1920. The number of alkyl halides is 3. The van der Waals surface area contributed by atoms with Crippen molar-refractivity contribution in [2.75, 3.05) is 0 Å². The summed E-state index contributed by atoms with van der Waals surface area (Å²) in [5.41, 5.74) is 12.4. The van der Waals surface area contributed by atoms with Crippen molar-refractivity contribution in [3.63, 3.8) is 0 Å². The van der Waals surface area contributed by atoms with E-state index in [0.717, 1.165) is 44.6 Å². The number of aldehydes is 1. The van der Waals surface area contributed by atoms with E-state index < -0.39 is 36.2 Å². The smallest absolute Gasteiger partial charge is 0.446 e. The first-order chi connectivity index (χ1) is 26.3. The molecule has 14 heteroatoms. The minimum Gasteiger partial charge on any atom is -0.481 e. The Morgan fingerprint density at radius 2 is 1.48 bits per heavy atom. The summed E-state index contributed by atoms with van der Waals surface area (Å²) in [6, 6.07) is 28.6. The van der Waals surface area contributed by atoms with Gasteiger partial charge in [0, 0.05) is 21.6 Å². The number of ether oxygens (including phenoxy) is 2. The number of nitrogens with two attached hydrogens (primary N) is 1. The Labute approximate surface area is 337 Å². The third-order valence-corrected chi connectivity index (χ3v) is 8.77. The van der Waals surface area contributed by atoms with E-state index >= 15 is 0 Å². The van der Waals surface area contributed by atoms with Gasteiger partial charge in [0.2, 0.25) is 6.29 Å². The second-order valence-corrected chi connectivity index (χ2v) is 15.4. The molecular weight excluding hydrogens is 817 g/mol. The first kappa shape index (κ1) is 45.7. The van der Waals surface area contributed by atoms with E-state index in [0.29, 0.717) is 18.6 Å². The number of benzene rings is 4. The number of carboxylic acids is 1. The van der Waals surface area contributed by atoms with Crippen LogP contribution in [0.1, 0.15) is 62.3 Å². The van der Waals surface area contributed by atoms with Crippen LogP contribution in [0, 0.1) is 0 Å². The van der Waals surface area contributed by atoms with Gasteiger partial charge in [-0.25, -0.2) is 4.79 Å². The zero-order valence-corrected chi connectivity index (χ0v) is 33.5. The highest BCUT2D eigenvalue weighted by molar-refractivity contribution is 9.10. The molecule has 5 rings (SSSR count). The highest BCUT2D eigenvalue weighted by Gasteiger charge is 2.25. The number of carbonyl (C=O) groups is 4. The number of fused-ring (bicyclic) bond motifs is 1. The molecule has 2 atom stereocenters. The fraction of sp³-hybridized carbons (Fsp3) is 0.333. The van der Waals surface area contributed by atoms with Crippen LogP contribution in [0.25, 0.3) is 11.1 Å². The van der Waals surface area contributed by atoms with Crippen LogP contribution in [0.15, 0.2) is 95.5 Å². The van der Waals surface area contributed by atoms with Crippen LogP contribution in [0.2, 0.25) is 5.02 Å². The van der Waals surface area contributed by atoms with Gasteiger partial charge in [0.05, 0.1) is 12.8 Å². The number of alkyl carbamates (subject to hydrolysis) is 1. The number of amides is 1. The summed E-state index contributed by atoms with van der Waals surface area (Å²) >= 11 is 9.41. The Morgan fingerprint density at radius 3 is 2.07 bits per heavy atom. The van der Waals surface area contributed by atoms with E-state index in [1.165, 1.54) is 17.5 Å². The Kier molecular flexibility index (Phi) is 17.6. The molecule has 0 heterocycles. The molecule has 1 aliphatic carbocycles. The molecule has 9 nitrogen and oxygen atoms in total. The van der Waals surface area contributed by atoms with Gasteiger partial charge in [-0.15, -0.1) is 0 Å². The Hall–Kier alpha value is -4.72. The number of carboxylic acid groups (broad SMARTS) is 1. The van der Waals surface area contributed by atoms with Crippen molar-refractivity contribution >= 4 is 51.8 Å². The Balaban J connectivity index is 0.000000273. The molecule has 300 valence electrons. The molecule has 0 bridgehead atoms. The minimum atomic E-state index is -4.64. The monoisotopic (exact) mass is 860 g/mol. The quantitative estimate of drug-likeness (QED) is 0.0769. The second kappa shape index (κ2) is 21.5. The van der Waals surface area contributed by atoms with E-state index in [4.69, 9.17) is 36.7 Å². The molecule has 0 aliphatic heterocycles. The van der Waals surface area contributed by atoms with Crippen LogP contribution >= 0.6 is 27.5 Å². The molecule has 56 heavy (non-hydrogen) atoms. The van der Waals surface area contributed by atoms with Crippen LogP contribution in [-0.2, 0) is 44.8 Å². The highest BCUT2D eigenvalue weighted by atomic mass is 79.9. The molecule has 0 spiro atoms. The van der Waals surface area contributed by atoms with Gasteiger partial charge in [0.25, 0.3) is 0 Å². The van der Waals surface area contributed by atoms with Gasteiger partial charge in [0.1, 0.15) is 11.4 Å². The van der Waals surface area contributed by atoms with E-state index in [1.54, 1.807) is 20.8 Å². The van der Waals surface area contributed by atoms with Crippen LogP contribution < -0.4 is 15.8 Å². The van der Waals surface area contributed by atoms with Crippen molar-refractivity contribution in [1.82, 2.24) is 5.32 Å². The number of hydrogen-bond acceptors (Lipinski definition) is 7. The van der Waals surface area contributed by atoms with Crippen molar-refractivity contribution in [3.8, 4) is 16.9 Å². The molecule has 0 saturated carbocycles. The maximum Gasteiger partial charge on any atom is 0.446 e. The number of hydrogen-bond donors (Lipinski definition) is 3. The summed E-state index contributed by atoms with van der Waals surface area (Å²) in [4.78, 5) is 43.7. The van der Waals surface area contributed by atoms with Crippen molar-refractivity contribution in [3.05, 3.63) is 123 Å². The topological polar surface area (TPSA) is 145 Å². The SMILES string of the molecule is CC(C)(C)OC(=O)N[C@@H](CC(=O)O)Cc1ccc(Br)cc1.N[C@@H](CC(=O)Oc1ccc2c(c1)CCC2)Cc1ccc(-c2cccc(Cl)c2)cc1.O=CC(F)(F)F. The Morgan fingerprint density at radius 1 is 0.875 bits per heavy atom. The fourth-order valence-corrected chi connectivity index (χ4v) is 6.09. The molecule has 4 N–H and O–H groups in total. The van der Waals surface area contributed by atoms with Crippen LogP contribution in [0.3, 0.4) is 0 Å². The molecular formula is C42H45BrClF3N2O7. The third kappa shape index (κ3) is 17.8. The van der Waals surface area contributed by atoms with Gasteiger partial charge in [-0.1, -0.05) is 82.1 Å². The van der Waals surface area contributed by atoms with Crippen molar-refractivity contribution < 1.29 is 46.9 Å². The molecule has 4 aromatic carbocycles. The molecule has 1 amide bonds. The number of aliphatic carboxylic acids is 1.